The Morgan fingerprint density at radius 2 is 1.30 bits per heavy atom. The average molecular weight is 430 g/mol. The van der Waals surface area contributed by atoms with E-state index in [9.17, 15) is 8.42 Å². The number of sulfonamides is 1. The maximum atomic E-state index is 13.1. The van der Waals surface area contributed by atoms with Gasteiger partial charge in [-0.15, -0.1) is 10.2 Å². The third-order valence-corrected chi connectivity index (χ3v) is 8.14. The normalized spacial score (nSPS) is 19.0. The van der Waals surface area contributed by atoms with Crippen molar-refractivity contribution in [3.63, 3.8) is 0 Å². The highest BCUT2D eigenvalue weighted by Gasteiger charge is 2.30. The summed E-state index contributed by atoms with van der Waals surface area (Å²) in [5, 5.41) is 8.90. The van der Waals surface area contributed by atoms with Gasteiger partial charge in [0.2, 0.25) is 10.0 Å². The molecule has 3 heterocycles. The van der Waals surface area contributed by atoms with E-state index < -0.39 is 10.0 Å². The second-order valence-corrected chi connectivity index (χ2v) is 10.2. The lowest BCUT2D eigenvalue weighted by Gasteiger charge is -2.34. The van der Waals surface area contributed by atoms with E-state index in [0.29, 0.717) is 31.1 Å². The zero-order chi connectivity index (χ0) is 21.1. The van der Waals surface area contributed by atoms with Crippen molar-refractivity contribution in [3.8, 4) is 0 Å². The molecule has 2 aromatic rings. The van der Waals surface area contributed by atoms with E-state index in [1.807, 2.05) is 38.1 Å². The molecule has 2 aliphatic heterocycles. The Balaban J connectivity index is 1.40. The fraction of sp³-hybridized carbons (Fsp3) is 0.545. The lowest BCUT2D eigenvalue weighted by atomic mass is 10.2. The molecule has 1 aromatic heterocycles. The van der Waals surface area contributed by atoms with Crippen molar-refractivity contribution < 1.29 is 8.42 Å². The quantitative estimate of drug-likeness (QED) is 0.744. The molecular formula is C22H31N5O2S. The van der Waals surface area contributed by atoms with Crippen LogP contribution in [-0.2, 0) is 10.0 Å². The second kappa shape index (κ2) is 8.89. The molecule has 30 heavy (non-hydrogen) atoms. The first-order valence-electron chi connectivity index (χ1n) is 10.9. The molecule has 2 fully saturated rings. The van der Waals surface area contributed by atoms with Crippen LogP contribution in [0.25, 0.3) is 0 Å². The largest absolute Gasteiger partial charge is 0.355 e. The van der Waals surface area contributed by atoms with Crippen LogP contribution >= 0.6 is 0 Å². The fourth-order valence-corrected chi connectivity index (χ4v) is 5.97. The van der Waals surface area contributed by atoms with E-state index in [-0.39, 0.29) is 0 Å². The molecule has 0 amide bonds. The summed E-state index contributed by atoms with van der Waals surface area (Å²) in [6.45, 7) is 8.05. The smallest absolute Gasteiger partial charge is 0.243 e. The number of hydrogen-bond donors (Lipinski definition) is 0. The van der Waals surface area contributed by atoms with Crippen LogP contribution in [0.4, 0.5) is 11.6 Å². The Labute approximate surface area is 179 Å². The van der Waals surface area contributed by atoms with Crippen molar-refractivity contribution in [2.24, 2.45) is 0 Å². The van der Waals surface area contributed by atoms with Crippen LogP contribution < -0.4 is 9.80 Å². The molecule has 162 valence electrons. The SMILES string of the molecule is Cc1ccc(S(=O)(=O)N2CCN(c3ccc(N4CCCCCC4)nn3)CC2)c(C)c1. The van der Waals surface area contributed by atoms with Gasteiger partial charge in [-0.3, -0.25) is 0 Å². The highest BCUT2D eigenvalue weighted by atomic mass is 32.2. The third-order valence-electron chi connectivity index (χ3n) is 6.08. The molecule has 8 heteroatoms. The molecule has 0 spiro atoms. The molecule has 2 saturated heterocycles. The Morgan fingerprint density at radius 3 is 1.83 bits per heavy atom. The maximum Gasteiger partial charge on any atom is 0.243 e. The van der Waals surface area contributed by atoms with Gasteiger partial charge in [0, 0.05) is 39.3 Å². The van der Waals surface area contributed by atoms with Crippen LogP contribution in [0.5, 0.6) is 0 Å². The van der Waals surface area contributed by atoms with Crippen molar-refractivity contribution in [2.45, 2.75) is 44.4 Å². The van der Waals surface area contributed by atoms with E-state index in [0.717, 1.165) is 35.9 Å². The van der Waals surface area contributed by atoms with Crippen LogP contribution in [0.15, 0.2) is 35.2 Å². The summed E-state index contributed by atoms with van der Waals surface area (Å²) in [5.41, 5.74) is 1.87. The molecule has 2 aliphatic rings. The summed E-state index contributed by atoms with van der Waals surface area (Å²) in [7, 11) is -3.48. The average Bonchev–Trinajstić information content (AvgIpc) is 3.03. The third kappa shape index (κ3) is 4.44. The first kappa shape index (κ1) is 21.1. The van der Waals surface area contributed by atoms with Crippen LogP contribution in [0.1, 0.15) is 36.8 Å². The summed E-state index contributed by atoms with van der Waals surface area (Å²) < 4.78 is 27.8. The predicted octanol–water partition coefficient (Wildman–Crippen LogP) is 2.98. The number of aromatic nitrogens is 2. The van der Waals surface area contributed by atoms with Gasteiger partial charge in [-0.1, -0.05) is 30.5 Å². The van der Waals surface area contributed by atoms with Gasteiger partial charge in [-0.05, 0) is 50.5 Å². The zero-order valence-electron chi connectivity index (χ0n) is 17.9. The Bertz CT molecular complexity index is 962. The van der Waals surface area contributed by atoms with Gasteiger partial charge in [-0.25, -0.2) is 8.42 Å². The molecule has 0 radical (unpaired) electrons. The van der Waals surface area contributed by atoms with Crippen LogP contribution in [0.3, 0.4) is 0 Å². The van der Waals surface area contributed by atoms with Gasteiger partial charge in [-0.2, -0.15) is 4.31 Å². The number of anilines is 2. The zero-order valence-corrected chi connectivity index (χ0v) is 18.7. The summed E-state index contributed by atoms with van der Waals surface area (Å²) in [6.07, 6.45) is 5.00. The molecule has 0 bridgehead atoms. The van der Waals surface area contributed by atoms with E-state index in [4.69, 9.17) is 0 Å². The van der Waals surface area contributed by atoms with Crippen molar-refractivity contribution in [1.82, 2.24) is 14.5 Å². The minimum absolute atomic E-state index is 0.406. The summed E-state index contributed by atoms with van der Waals surface area (Å²) in [6, 6.07) is 9.57. The van der Waals surface area contributed by atoms with Gasteiger partial charge < -0.3 is 9.80 Å². The monoisotopic (exact) mass is 429 g/mol. The topological polar surface area (TPSA) is 69.6 Å². The number of benzene rings is 1. The summed E-state index contributed by atoms with van der Waals surface area (Å²) in [5.74, 6) is 1.76. The lowest BCUT2D eigenvalue weighted by Crippen LogP contribution is -2.49. The van der Waals surface area contributed by atoms with Gasteiger partial charge in [0.15, 0.2) is 11.6 Å². The van der Waals surface area contributed by atoms with Crippen LogP contribution in [-0.4, -0.2) is 62.2 Å². The maximum absolute atomic E-state index is 13.1. The Kier molecular flexibility index (Phi) is 6.24. The van der Waals surface area contributed by atoms with Gasteiger partial charge in [0.1, 0.15) is 0 Å². The molecule has 0 N–H and O–H groups in total. The molecule has 0 atom stereocenters. The highest BCUT2D eigenvalue weighted by molar-refractivity contribution is 7.89. The number of rotatable bonds is 4. The van der Waals surface area contributed by atoms with E-state index in [1.54, 1.807) is 10.4 Å². The van der Waals surface area contributed by atoms with Crippen molar-refractivity contribution in [1.29, 1.82) is 0 Å². The number of nitrogens with zero attached hydrogens (tertiary/aromatic N) is 5. The summed E-state index contributed by atoms with van der Waals surface area (Å²) >= 11 is 0. The molecule has 4 rings (SSSR count). The second-order valence-electron chi connectivity index (χ2n) is 8.31. The van der Waals surface area contributed by atoms with Gasteiger partial charge in [0.05, 0.1) is 4.90 Å². The van der Waals surface area contributed by atoms with E-state index in [2.05, 4.69) is 20.0 Å². The van der Waals surface area contributed by atoms with Crippen molar-refractivity contribution in [2.75, 3.05) is 49.1 Å². The summed E-state index contributed by atoms with van der Waals surface area (Å²) in [4.78, 5) is 4.84. The minimum Gasteiger partial charge on any atom is -0.355 e. The van der Waals surface area contributed by atoms with Crippen LogP contribution in [0, 0.1) is 13.8 Å². The van der Waals surface area contributed by atoms with Crippen molar-refractivity contribution in [3.05, 3.63) is 41.5 Å². The highest BCUT2D eigenvalue weighted by Crippen LogP contribution is 2.24. The molecule has 0 aliphatic carbocycles. The first-order chi connectivity index (χ1) is 14.4. The molecule has 0 unspecified atom stereocenters. The fourth-order valence-electron chi connectivity index (χ4n) is 4.34. The molecule has 7 nitrogen and oxygen atoms in total. The van der Waals surface area contributed by atoms with E-state index in [1.165, 1.54) is 25.7 Å². The first-order valence-corrected chi connectivity index (χ1v) is 12.3. The Morgan fingerprint density at radius 1 is 0.733 bits per heavy atom. The van der Waals surface area contributed by atoms with Gasteiger partial charge >= 0.3 is 0 Å². The predicted molar refractivity (Wildman–Crippen MR) is 120 cm³/mol. The van der Waals surface area contributed by atoms with Crippen LogP contribution in [0.2, 0.25) is 0 Å². The number of piperazine rings is 1. The number of hydrogen-bond acceptors (Lipinski definition) is 6. The lowest BCUT2D eigenvalue weighted by molar-refractivity contribution is 0.383. The van der Waals surface area contributed by atoms with E-state index >= 15 is 0 Å². The van der Waals surface area contributed by atoms with Crippen molar-refractivity contribution >= 4 is 21.7 Å². The minimum atomic E-state index is -3.48. The molecule has 0 saturated carbocycles. The van der Waals surface area contributed by atoms with Gasteiger partial charge in [0.25, 0.3) is 0 Å². The standard InChI is InChI=1S/C22H31N5O2S/c1-18-7-8-20(19(2)17-18)30(28,29)27-15-13-26(14-16-27)22-10-9-21(23-24-22)25-11-5-3-4-6-12-25/h7-10,17H,3-6,11-16H2,1-2H3. The Hall–Kier alpha value is -2.19. The molecule has 1 aromatic carbocycles. The molecular weight excluding hydrogens is 398 g/mol. The number of aryl methyl sites for hydroxylation is 2.